The predicted molar refractivity (Wildman–Crippen MR) is 68.7 cm³/mol. The molecule has 0 radical (unpaired) electrons. The van der Waals surface area contributed by atoms with Crippen LogP contribution in [0.1, 0.15) is 18.4 Å². The van der Waals surface area contributed by atoms with E-state index in [-0.39, 0.29) is 11.0 Å². The Morgan fingerprint density at radius 3 is 2.83 bits per heavy atom. The summed E-state index contributed by atoms with van der Waals surface area (Å²) in [5.41, 5.74) is 0.745. The van der Waals surface area contributed by atoms with Crippen LogP contribution >= 0.6 is 10.7 Å². The molecular formula is C12H15ClO4S. The van der Waals surface area contributed by atoms with Crippen LogP contribution in [0.25, 0.3) is 0 Å². The van der Waals surface area contributed by atoms with E-state index in [1.165, 1.54) is 12.1 Å². The normalized spacial score (nSPS) is 20.0. The summed E-state index contributed by atoms with van der Waals surface area (Å²) in [7, 11) is 1.59. The molecule has 2 rings (SSSR count). The maximum absolute atomic E-state index is 11.2. The van der Waals surface area contributed by atoms with Crippen molar-refractivity contribution < 1.29 is 17.9 Å². The van der Waals surface area contributed by atoms with Gasteiger partial charge < -0.3 is 9.47 Å². The zero-order valence-corrected chi connectivity index (χ0v) is 11.6. The predicted octanol–water partition coefficient (Wildman–Crippen LogP) is 2.48. The van der Waals surface area contributed by atoms with E-state index in [1.807, 2.05) is 0 Å². The second kappa shape index (κ2) is 5.47. The molecule has 1 atom stereocenters. The summed E-state index contributed by atoms with van der Waals surface area (Å²) in [5, 5.41) is 0. The van der Waals surface area contributed by atoms with Crippen molar-refractivity contribution in [2.24, 2.45) is 0 Å². The lowest BCUT2D eigenvalue weighted by Gasteiger charge is -2.13. The molecule has 0 aliphatic carbocycles. The fraction of sp³-hybridized carbons (Fsp3) is 0.500. The van der Waals surface area contributed by atoms with Gasteiger partial charge in [0.2, 0.25) is 0 Å². The van der Waals surface area contributed by atoms with Crippen LogP contribution in [0, 0.1) is 6.92 Å². The molecule has 1 saturated heterocycles. The Morgan fingerprint density at radius 1 is 1.50 bits per heavy atom. The first-order valence-corrected chi connectivity index (χ1v) is 8.07. The van der Waals surface area contributed by atoms with Gasteiger partial charge in [0.15, 0.2) is 0 Å². The van der Waals surface area contributed by atoms with Crippen LogP contribution in [0.5, 0.6) is 5.75 Å². The van der Waals surface area contributed by atoms with Crippen LogP contribution in [-0.4, -0.2) is 27.7 Å². The van der Waals surface area contributed by atoms with E-state index in [9.17, 15) is 8.42 Å². The Labute approximate surface area is 111 Å². The largest absolute Gasteiger partial charge is 0.491 e. The molecule has 0 bridgehead atoms. The standard InChI is InChI=1S/C12H15ClO4S/c1-9-7-11(18(13,14)15)4-5-12(9)17-8-10-3-2-6-16-10/h4-5,7,10H,2-3,6,8H2,1H3. The number of benzene rings is 1. The molecule has 1 aromatic rings. The molecule has 1 aromatic carbocycles. The molecule has 6 heteroatoms. The summed E-state index contributed by atoms with van der Waals surface area (Å²) in [5.74, 6) is 0.662. The lowest BCUT2D eigenvalue weighted by molar-refractivity contribution is 0.0677. The van der Waals surface area contributed by atoms with Gasteiger partial charge in [0.25, 0.3) is 9.05 Å². The highest BCUT2D eigenvalue weighted by Crippen LogP contribution is 2.24. The second-order valence-corrected chi connectivity index (χ2v) is 6.88. The van der Waals surface area contributed by atoms with Gasteiger partial charge >= 0.3 is 0 Å². The minimum Gasteiger partial charge on any atom is -0.491 e. The summed E-state index contributed by atoms with van der Waals surface area (Å²) in [6.45, 7) is 3.07. The average molecular weight is 291 g/mol. The molecule has 0 saturated carbocycles. The lowest BCUT2D eigenvalue weighted by atomic mass is 10.2. The van der Waals surface area contributed by atoms with Gasteiger partial charge in [-0.3, -0.25) is 0 Å². The third-order valence-electron chi connectivity index (χ3n) is 2.88. The summed E-state index contributed by atoms with van der Waals surface area (Å²) in [6, 6.07) is 4.58. The van der Waals surface area contributed by atoms with Crippen molar-refractivity contribution in [3.8, 4) is 5.75 Å². The van der Waals surface area contributed by atoms with E-state index < -0.39 is 9.05 Å². The van der Waals surface area contributed by atoms with Crippen LogP contribution < -0.4 is 4.74 Å². The Hall–Kier alpha value is -0.780. The summed E-state index contributed by atoms with van der Waals surface area (Å²) in [4.78, 5) is 0.0890. The zero-order valence-electron chi connectivity index (χ0n) is 10.1. The van der Waals surface area contributed by atoms with Crippen molar-refractivity contribution in [2.75, 3.05) is 13.2 Å². The van der Waals surface area contributed by atoms with Gasteiger partial charge in [-0.05, 0) is 43.5 Å². The highest BCUT2D eigenvalue weighted by Gasteiger charge is 2.17. The van der Waals surface area contributed by atoms with Crippen molar-refractivity contribution in [1.29, 1.82) is 0 Å². The molecule has 0 amide bonds. The van der Waals surface area contributed by atoms with Crippen LogP contribution in [0.3, 0.4) is 0 Å². The molecule has 18 heavy (non-hydrogen) atoms. The van der Waals surface area contributed by atoms with E-state index in [0.29, 0.717) is 12.4 Å². The molecule has 4 nitrogen and oxygen atoms in total. The minimum atomic E-state index is -3.68. The SMILES string of the molecule is Cc1cc(S(=O)(=O)Cl)ccc1OCC1CCCO1. The molecule has 0 aromatic heterocycles. The zero-order chi connectivity index (χ0) is 13.2. The van der Waals surface area contributed by atoms with Crippen molar-refractivity contribution in [1.82, 2.24) is 0 Å². The van der Waals surface area contributed by atoms with E-state index in [4.69, 9.17) is 20.2 Å². The number of aryl methyl sites for hydroxylation is 1. The smallest absolute Gasteiger partial charge is 0.261 e. The molecule has 1 aliphatic heterocycles. The van der Waals surface area contributed by atoms with Gasteiger partial charge in [-0.1, -0.05) is 0 Å². The third-order valence-corrected chi connectivity index (χ3v) is 4.23. The van der Waals surface area contributed by atoms with Crippen LogP contribution in [0.15, 0.2) is 23.1 Å². The van der Waals surface area contributed by atoms with Gasteiger partial charge in [0.05, 0.1) is 11.0 Å². The molecule has 100 valence electrons. The quantitative estimate of drug-likeness (QED) is 0.800. The van der Waals surface area contributed by atoms with E-state index in [2.05, 4.69) is 0 Å². The fourth-order valence-corrected chi connectivity index (χ4v) is 2.73. The highest BCUT2D eigenvalue weighted by atomic mass is 35.7. The van der Waals surface area contributed by atoms with Crippen LogP contribution in [0.2, 0.25) is 0 Å². The molecule has 1 unspecified atom stereocenters. The van der Waals surface area contributed by atoms with E-state index >= 15 is 0 Å². The van der Waals surface area contributed by atoms with Crippen LogP contribution in [0.4, 0.5) is 0 Å². The van der Waals surface area contributed by atoms with Crippen molar-refractivity contribution in [3.63, 3.8) is 0 Å². The maximum atomic E-state index is 11.2. The number of halogens is 1. The van der Waals surface area contributed by atoms with Gasteiger partial charge in [-0.15, -0.1) is 0 Å². The molecular weight excluding hydrogens is 276 g/mol. The molecule has 0 spiro atoms. The maximum Gasteiger partial charge on any atom is 0.261 e. The Bertz CT molecular complexity index is 521. The summed E-state index contributed by atoms with van der Waals surface area (Å²) >= 11 is 0. The number of hydrogen-bond donors (Lipinski definition) is 0. The molecule has 1 fully saturated rings. The number of rotatable bonds is 4. The van der Waals surface area contributed by atoms with Gasteiger partial charge in [0, 0.05) is 17.3 Å². The van der Waals surface area contributed by atoms with Crippen LogP contribution in [-0.2, 0) is 13.8 Å². The highest BCUT2D eigenvalue weighted by molar-refractivity contribution is 8.13. The molecule has 0 N–H and O–H groups in total. The Balaban J connectivity index is 2.05. The summed E-state index contributed by atoms with van der Waals surface area (Å²) < 4.78 is 33.4. The number of ether oxygens (including phenoxy) is 2. The van der Waals surface area contributed by atoms with Gasteiger partial charge in [-0.25, -0.2) is 8.42 Å². The first kappa shape index (κ1) is 13.6. The molecule has 1 aliphatic rings. The van der Waals surface area contributed by atoms with E-state index in [0.717, 1.165) is 25.0 Å². The third kappa shape index (κ3) is 3.37. The summed E-state index contributed by atoms with van der Waals surface area (Å²) in [6.07, 6.45) is 2.21. The average Bonchev–Trinajstić information content (AvgIpc) is 2.79. The van der Waals surface area contributed by atoms with Gasteiger partial charge in [-0.2, -0.15) is 0 Å². The Kier molecular flexibility index (Phi) is 4.14. The van der Waals surface area contributed by atoms with Crippen molar-refractivity contribution in [3.05, 3.63) is 23.8 Å². The Morgan fingerprint density at radius 2 is 2.28 bits per heavy atom. The van der Waals surface area contributed by atoms with E-state index in [1.54, 1.807) is 13.0 Å². The monoisotopic (exact) mass is 290 g/mol. The van der Waals surface area contributed by atoms with Crippen molar-refractivity contribution in [2.45, 2.75) is 30.8 Å². The van der Waals surface area contributed by atoms with Gasteiger partial charge in [0.1, 0.15) is 12.4 Å². The first-order valence-electron chi connectivity index (χ1n) is 5.76. The molecule has 1 heterocycles. The fourth-order valence-electron chi connectivity index (χ4n) is 1.89. The first-order chi connectivity index (χ1) is 8.47. The second-order valence-electron chi connectivity index (χ2n) is 4.31. The topological polar surface area (TPSA) is 52.6 Å². The minimum absolute atomic E-state index is 0.0890. The lowest BCUT2D eigenvalue weighted by Crippen LogP contribution is -2.16. The van der Waals surface area contributed by atoms with Crippen molar-refractivity contribution >= 4 is 19.7 Å². The number of hydrogen-bond acceptors (Lipinski definition) is 4.